The van der Waals surface area contributed by atoms with E-state index in [0.29, 0.717) is 5.76 Å². The number of hydrogen-bond acceptors (Lipinski definition) is 4. The summed E-state index contributed by atoms with van der Waals surface area (Å²) in [7, 11) is 3.22. The van der Waals surface area contributed by atoms with E-state index in [1.165, 1.54) is 11.0 Å². The van der Waals surface area contributed by atoms with Crippen molar-refractivity contribution < 1.29 is 9.21 Å². The molecule has 1 aliphatic rings. The van der Waals surface area contributed by atoms with E-state index in [4.69, 9.17) is 9.68 Å². The lowest BCUT2D eigenvalue weighted by atomic mass is 10.2. The Kier molecular flexibility index (Phi) is 4.50. The van der Waals surface area contributed by atoms with Crippen LogP contribution in [0.2, 0.25) is 0 Å². The standard InChI is InChI=1S/C14H16BrN3O2/c1-17(2)13(19)10(9-16)7-11-8-12(15)14(20-11)18-5-3-4-6-18/h7-8H,3-6H2,1-2H3/b10-7-. The van der Waals surface area contributed by atoms with Crippen LogP contribution in [0.4, 0.5) is 5.88 Å². The lowest BCUT2D eigenvalue weighted by Gasteiger charge is -2.13. The molecule has 2 rings (SSSR count). The van der Waals surface area contributed by atoms with Crippen molar-refractivity contribution in [1.29, 1.82) is 5.26 Å². The zero-order valence-electron chi connectivity index (χ0n) is 11.5. The summed E-state index contributed by atoms with van der Waals surface area (Å²) in [5.41, 5.74) is 0.0595. The van der Waals surface area contributed by atoms with E-state index >= 15 is 0 Å². The summed E-state index contributed by atoms with van der Waals surface area (Å²) in [6.07, 6.45) is 3.79. The van der Waals surface area contributed by atoms with Crippen LogP contribution in [0.3, 0.4) is 0 Å². The highest BCUT2D eigenvalue weighted by Crippen LogP contribution is 2.33. The number of amides is 1. The van der Waals surface area contributed by atoms with Crippen LogP contribution >= 0.6 is 15.9 Å². The first-order valence-corrected chi connectivity index (χ1v) is 7.20. The fraction of sp³-hybridized carbons (Fsp3) is 0.429. The van der Waals surface area contributed by atoms with Crippen molar-refractivity contribution in [1.82, 2.24) is 4.90 Å². The van der Waals surface area contributed by atoms with Crippen molar-refractivity contribution in [3.05, 3.63) is 21.9 Å². The first-order valence-electron chi connectivity index (χ1n) is 6.40. The lowest BCUT2D eigenvalue weighted by molar-refractivity contribution is -0.124. The van der Waals surface area contributed by atoms with E-state index in [9.17, 15) is 4.79 Å². The molecule has 1 aliphatic heterocycles. The second-order valence-corrected chi connectivity index (χ2v) is 5.72. The molecule has 106 valence electrons. The summed E-state index contributed by atoms with van der Waals surface area (Å²) in [5.74, 6) is 0.941. The number of hydrogen-bond donors (Lipinski definition) is 0. The van der Waals surface area contributed by atoms with E-state index in [0.717, 1.165) is 36.3 Å². The molecule has 6 heteroatoms. The highest BCUT2D eigenvalue weighted by molar-refractivity contribution is 9.10. The number of likely N-dealkylation sites (N-methyl/N-ethyl adjacent to an activating group) is 1. The largest absolute Gasteiger partial charge is 0.440 e. The van der Waals surface area contributed by atoms with Gasteiger partial charge in [-0.05, 0) is 28.8 Å². The summed E-state index contributed by atoms with van der Waals surface area (Å²) in [4.78, 5) is 15.3. The summed E-state index contributed by atoms with van der Waals surface area (Å²) < 4.78 is 6.59. The molecule has 0 unspecified atom stereocenters. The summed E-state index contributed by atoms with van der Waals surface area (Å²) in [5, 5.41) is 9.06. The van der Waals surface area contributed by atoms with Crippen molar-refractivity contribution in [2.45, 2.75) is 12.8 Å². The molecule has 1 saturated heterocycles. The normalized spacial score (nSPS) is 15.3. The number of carbonyl (C=O) groups excluding carboxylic acids is 1. The quantitative estimate of drug-likeness (QED) is 0.628. The Balaban J connectivity index is 2.27. The van der Waals surface area contributed by atoms with Gasteiger partial charge in [0.05, 0.1) is 4.47 Å². The Morgan fingerprint density at radius 1 is 1.50 bits per heavy atom. The number of nitriles is 1. The highest BCUT2D eigenvalue weighted by atomic mass is 79.9. The van der Waals surface area contributed by atoms with E-state index in [1.54, 1.807) is 20.2 Å². The average molecular weight is 338 g/mol. The third-order valence-electron chi connectivity index (χ3n) is 3.12. The molecule has 0 N–H and O–H groups in total. The number of carbonyl (C=O) groups is 1. The minimum Gasteiger partial charge on any atom is -0.440 e. The summed E-state index contributed by atoms with van der Waals surface area (Å²) in [6, 6.07) is 3.70. The molecule has 0 bridgehead atoms. The van der Waals surface area contributed by atoms with Gasteiger partial charge in [-0.3, -0.25) is 4.79 Å². The van der Waals surface area contributed by atoms with Crippen LogP contribution in [-0.2, 0) is 4.79 Å². The maximum Gasteiger partial charge on any atom is 0.264 e. The molecular weight excluding hydrogens is 322 g/mol. The van der Waals surface area contributed by atoms with Gasteiger partial charge >= 0.3 is 0 Å². The molecule has 2 heterocycles. The molecule has 0 radical (unpaired) electrons. The van der Waals surface area contributed by atoms with E-state index < -0.39 is 0 Å². The molecule has 1 aromatic heterocycles. The first kappa shape index (κ1) is 14.7. The Morgan fingerprint density at radius 2 is 2.15 bits per heavy atom. The van der Waals surface area contributed by atoms with Gasteiger partial charge in [0.25, 0.3) is 5.91 Å². The number of furan rings is 1. The van der Waals surface area contributed by atoms with Gasteiger partial charge in [-0.25, -0.2) is 0 Å². The van der Waals surface area contributed by atoms with Gasteiger partial charge in [0.15, 0.2) is 0 Å². The predicted molar refractivity (Wildman–Crippen MR) is 80.1 cm³/mol. The molecular formula is C14H16BrN3O2. The van der Waals surface area contributed by atoms with Crippen molar-refractivity contribution in [2.75, 3.05) is 32.1 Å². The maximum atomic E-state index is 11.8. The molecule has 0 aliphatic carbocycles. The average Bonchev–Trinajstić information content (AvgIpc) is 3.04. The smallest absolute Gasteiger partial charge is 0.264 e. The topological polar surface area (TPSA) is 60.5 Å². The zero-order valence-corrected chi connectivity index (χ0v) is 13.1. The molecule has 0 aromatic carbocycles. The highest BCUT2D eigenvalue weighted by Gasteiger charge is 2.20. The predicted octanol–water partition coefficient (Wildman–Crippen LogP) is 2.64. The van der Waals surface area contributed by atoms with Gasteiger partial charge < -0.3 is 14.2 Å². The zero-order chi connectivity index (χ0) is 14.7. The maximum absolute atomic E-state index is 11.8. The second kappa shape index (κ2) is 6.14. The number of anilines is 1. The minimum atomic E-state index is -0.331. The van der Waals surface area contributed by atoms with Crippen LogP contribution in [0.25, 0.3) is 6.08 Å². The van der Waals surface area contributed by atoms with E-state index in [-0.39, 0.29) is 11.5 Å². The Labute approximate surface area is 126 Å². The Morgan fingerprint density at radius 3 is 2.70 bits per heavy atom. The molecule has 0 atom stereocenters. The Hall–Kier alpha value is -1.74. The SMILES string of the molecule is CN(C)C(=O)/C(C#N)=C\c1cc(Br)c(N2CCCC2)o1. The molecule has 1 aromatic rings. The van der Waals surface area contributed by atoms with Crippen molar-refractivity contribution >= 4 is 33.8 Å². The van der Waals surface area contributed by atoms with Crippen LogP contribution in [0.15, 0.2) is 20.5 Å². The van der Waals surface area contributed by atoms with Gasteiger partial charge in [0.1, 0.15) is 17.4 Å². The number of nitrogens with zero attached hydrogens (tertiary/aromatic N) is 3. The van der Waals surface area contributed by atoms with Crippen molar-refractivity contribution in [3.8, 4) is 6.07 Å². The molecule has 0 saturated carbocycles. The van der Waals surface area contributed by atoms with Crippen LogP contribution in [-0.4, -0.2) is 38.0 Å². The minimum absolute atomic E-state index is 0.0595. The van der Waals surface area contributed by atoms with Crippen LogP contribution in [0.5, 0.6) is 0 Å². The van der Waals surface area contributed by atoms with E-state index in [2.05, 4.69) is 20.8 Å². The number of rotatable bonds is 3. The van der Waals surface area contributed by atoms with Crippen LogP contribution in [0.1, 0.15) is 18.6 Å². The fourth-order valence-corrected chi connectivity index (χ4v) is 2.67. The van der Waals surface area contributed by atoms with Gasteiger partial charge in [-0.2, -0.15) is 5.26 Å². The van der Waals surface area contributed by atoms with Gasteiger partial charge in [0, 0.05) is 39.3 Å². The number of halogens is 1. The summed E-state index contributed by atoms with van der Waals surface area (Å²) >= 11 is 3.46. The second-order valence-electron chi connectivity index (χ2n) is 4.87. The third kappa shape index (κ3) is 3.05. The fourth-order valence-electron chi connectivity index (χ4n) is 2.11. The van der Waals surface area contributed by atoms with Gasteiger partial charge in [-0.1, -0.05) is 0 Å². The molecule has 5 nitrogen and oxygen atoms in total. The molecule has 1 amide bonds. The van der Waals surface area contributed by atoms with Gasteiger partial charge in [0.2, 0.25) is 5.88 Å². The monoisotopic (exact) mass is 337 g/mol. The van der Waals surface area contributed by atoms with Gasteiger partial charge in [-0.15, -0.1) is 0 Å². The third-order valence-corrected chi connectivity index (χ3v) is 3.69. The summed E-state index contributed by atoms with van der Waals surface area (Å²) in [6.45, 7) is 1.94. The molecule has 1 fully saturated rings. The molecule has 0 spiro atoms. The van der Waals surface area contributed by atoms with Crippen molar-refractivity contribution in [2.24, 2.45) is 0 Å². The van der Waals surface area contributed by atoms with Crippen LogP contribution in [0, 0.1) is 11.3 Å². The van der Waals surface area contributed by atoms with Crippen LogP contribution < -0.4 is 4.90 Å². The first-order chi connectivity index (χ1) is 9.52. The Bertz CT molecular complexity index is 578. The van der Waals surface area contributed by atoms with E-state index in [1.807, 2.05) is 6.07 Å². The lowest BCUT2D eigenvalue weighted by Crippen LogP contribution is -2.22. The van der Waals surface area contributed by atoms with Crippen molar-refractivity contribution in [3.63, 3.8) is 0 Å². The molecule has 20 heavy (non-hydrogen) atoms.